The molecule has 0 radical (unpaired) electrons. The summed E-state index contributed by atoms with van der Waals surface area (Å²) in [5.74, 6) is -0.0755. The molecule has 5 nitrogen and oxygen atoms in total. The predicted octanol–water partition coefficient (Wildman–Crippen LogP) is 1.87. The minimum absolute atomic E-state index is 0.0755. The third-order valence-electron chi connectivity index (χ3n) is 4.25. The Labute approximate surface area is 128 Å². The van der Waals surface area contributed by atoms with Crippen molar-refractivity contribution in [2.75, 3.05) is 0 Å². The fourth-order valence-electron chi connectivity index (χ4n) is 3.08. The minimum atomic E-state index is -0.0755. The van der Waals surface area contributed by atoms with E-state index < -0.39 is 0 Å². The molecule has 4 rings (SSSR count). The molecule has 0 spiro atoms. The molecule has 3 aromatic rings. The van der Waals surface area contributed by atoms with Gasteiger partial charge in [-0.2, -0.15) is 5.10 Å². The number of aromatic nitrogens is 3. The zero-order chi connectivity index (χ0) is 15.1. The summed E-state index contributed by atoms with van der Waals surface area (Å²) in [4.78, 5) is 16.7. The van der Waals surface area contributed by atoms with E-state index in [2.05, 4.69) is 27.5 Å². The van der Waals surface area contributed by atoms with E-state index >= 15 is 0 Å². The first-order valence-corrected chi connectivity index (χ1v) is 7.36. The van der Waals surface area contributed by atoms with Gasteiger partial charge in [0.15, 0.2) is 0 Å². The topological polar surface area (TPSA) is 59.8 Å². The van der Waals surface area contributed by atoms with Crippen LogP contribution in [0.4, 0.5) is 0 Å². The standard InChI is InChI=1S/C17H16N4O/c1-21-16-8-13(9-18-15(16)10-19-21)17(22)20-14-6-11-4-2-3-5-12(11)7-14/h2-5,8-10,14H,6-7H2,1H3,(H,20,22). The van der Waals surface area contributed by atoms with Crippen molar-refractivity contribution >= 4 is 16.9 Å². The highest BCUT2D eigenvalue weighted by Crippen LogP contribution is 2.22. The molecule has 0 aliphatic heterocycles. The SMILES string of the molecule is Cn1ncc2ncc(C(=O)NC3Cc4ccccc4C3)cc21. The van der Waals surface area contributed by atoms with Gasteiger partial charge in [-0.3, -0.25) is 14.5 Å². The van der Waals surface area contributed by atoms with E-state index in [1.165, 1.54) is 11.1 Å². The number of nitrogens with zero attached hydrogens (tertiary/aromatic N) is 3. The van der Waals surface area contributed by atoms with Crippen molar-refractivity contribution in [1.82, 2.24) is 20.1 Å². The molecule has 2 heterocycles. The highest BCUT2D eigenvalue weighted by atomic mass is 16.1. The van der Waals surface area contributed by atoms with Crippen molar-refractivity contribution in [2.24, 2.45) is 7.05 Å². The zero-order valence-electron chi connectivity index (χ0n) is 12.3. The predicted molar refractivity (Wildman–Crippen MR) is 83.6 cm³/mol. The first-order chi connectivity index (χ1) is 10.7. The van der Waals surface area contributed by atoms with Crippen LogP contribution in [0.2, 0.25) is 0 Å². The normalized spacial score (nSPS) is 14.2. The van der Waals surface area contributed by atoms with Crippen molar-refractivity contribution in [3.05, 3.63) is 59.4 Å². The Balaban J connectivity index is 1.53. The Morgan fingerprint density at radius 3 is 2.68 bits per heavy atom. The summed E-state index contributed by atoms with van der Waals surface area (Å²) in [6.45, 7) is 0. The molecule has 22 heavy (non-hydrogen) atoms. The molecule has 1 aromatic carbocycles. The Morgan fingerprint density at radius 1 is 1.23 bits per heavy atom. The van der Waals surface area contributed by atoms with E-state index in [-0.39, 0.29) is 11.9 Å². The van der Waals surface area contributed by atoms with Gasteiger partial charge in [-0.05, 0) is 30.0 Å². The molecule has 2 aromatic heterocycles. The summed E-state index contributed by atoms with van der Waals surface area (Å²) in [6.07, 6.45) is 5.10. The van der Waals surface area contributed by atoms with Crippen LogP contribution < -0.4 is 5.32 Å². The molecular weight excluding hydrogens is 276 g/mol. The van der Waals surface area contributed by atoms with Gasteiger partial charge < -0.3 is 5.32 Å². The van der Waals surface area contributed by atoms with Gasteiger partial charge in [-0.25, -0.2) is 0 Å². The third kappa shape index (κ3) is 2.15. The number of hydrogen-bond acceptors (Lipinski definition) is 3. The molecule has 1 aliphatic carbocycles. The third-order valence-corrected chi connectivity index (χ3v) is 4.25. The fraction of sp³-hybridized carbons (Fsp3) is 0.235. The summed E-state index contributed by atoms with van der Waals surface area (Å²) in [5, 5.41) is 7.26. The molecular formula is C17H16N4O. The van der Waals surface area contributed by atoms with Gasteiger partial charge in [0.2, 0.25) is 0 Å². The zero-order valence-corrected chi connectivity index (χ0v) is 12.3. The van der Waals surface area contributed by atoms with E-state index in [0.717, 1.165) is 23.9 Å². The molecule has 5 heteroatoms. The van der Waals surface area contributed by atoms with Crippen molar-refractivity contribution in [1.29, 1.82) is 0 Å². The minimum Gasteiger partial charge on any atom is -0.349 e. The Bertz CT molecular complexity index is 843. The smallest absolute Gasteiger partial charge is 0.253 e. The highest BCUT2D eigenvalue weighted by Gasteiger charge is 2.23. The van der Waals surface area contributed by atoms with Crippen LogP contribution in [0.1, 0.15) is 21.5 Å². The van der Waals surface area contributed by atoms with E-state index in [1.807, 2.05) is 25.2 Å². The second-order valence-electron chi connectivity index (χ2n) is 5.74. The lowest BCUT2D eigenvalue weighted by molar-refractivity contribution is 0.0938. The number of carbonyl (C=O) groups is 1. The van der Waals surface area contributed by atoms with Crippen LogP contribution in [0.25, 0.3) is 11.0 Å². The number of pyridine rings is 1. The molecule has 1 N–H and O–H groups in total. The Kier molecular flexibility index (Phi) is 2.92. The molecule has 0 saturated heterocycles. The summed E-state index contributed by atoms with van der Waals surface area (Å²) < 4.78 is 1.73. The van der Waals surface area contributed by atoms with Crippen LogP contribution in [0.5, 0.6) is 0 Å². The number of hydrogen-bond donors (Lipinski definition) is 1. The number of amides is 1. The van der Waals surface area contributed by atoms with Gasteiger partial charge in [0.05, 0.1) is 17.3 Å². The van der Waals surface area contributed by atoms with Crippen molar-refractivity contribution < 1.29 is 4.79 Å². The molecule has 0 bridgehead atoms. The first-order valence-electron chi connectivity index (χ1n) is 7.36. The fourth-order valence-corrected chi connectivity index (χ4v) is 3.08. The lowest BCUT2D eigenvalue weighted by Gasteiger charge is -2.12. The van der Waals surface area contributed by atoms with E-state index in [1.54, 1.807) is 17.1 Å². The second-order valence-corrected chi connectivity index (χ2v) is 5.74. The molecule has 0 saturated carbocycles. The van der Waals surface area contributed by atoms with Crippen LogP contribution in [0.15, 0.2) is 42.7 Å². The summed E-state index contributed by atoms with van der Waals surface area (Å²) in [7, 11) is 1.85. The van der Waals surface area contributed by atoms with Crippen LogP contribution in [-0.2, 0) is 19.9 Å². The largest absolute Gasteiger partial charge is 0.349 e. The highest BCUT2D eigenvalue weighted by molar-refractivity contribution is 5.96. The van der Waals surface area contributed by atoms with Crippen LogP contribution in [0, 0.1) is 0 Å². The number of aryl methyl sites for hydroxylation is 1. The Morgan fingerprint density at radius 2 is 1.95 bits per heavy atom. The molecule has 1 amide bonds. The molecule has 0 unspecified atom stereocenters. The summed E-state index contributed by atoms with van der Waals surface area (Å²) in [5.41, 5.74) is 4.89. The maximum Gasteiger partial charge on any atom is 0.253 e. The van der Waals surface area contributed by atoms with Gasteiger partial charge in [-0.1, -0.05) is 24.3 Å². The molecule has 110 valence electrons. The maximum atomic E-state index is 12.4. The van der Waals surface area contributed by atoms with Gasteiger partial charge in [0.25, 0.3) is 5.91 Å². The average molecular weight is 292 g/mol. The second kappa shape index (κ2) is 4.94. The molecule has 0 atom stereocenters. The van der Waals surface area contributed by atoms with Gasteiger partial charge in [-0.15, -0.1) is 0 Å². The van der Waals surface area contributed by atoms with Crippen LogP contribution in [-0.4, -0.2) is 26.7 Å². The van der Waals surface area contributed by atoms with Crippen molar-refractivity contribution in [2.45, 2.75) is 18.9 Å². The van der Waals surface area contributed by atoms with E-state index in [9.17, 15) is 4.79 Å². The molecule has 0 fully saturated rings. The molecule has 1 aliphatic rings. The number of carbonyl (C=O) groups excluding carboxylic acids is 1. The first kappa shape index (κ1) is 13.0. The van der Waals surface area contributed by atoms with Crippen LogP contribution in [0.3, 0.4) is 0 Å². The maximum absolute atomic E-state index is 12.4. The quantitative estimate of drug-likeness (QED) is 0.784. The summed E-state index contributed by atoms with van der Waals surface area (Å²) in [6, 6.07) is 10.3. The van der Waals surface area contributed by atoms with Crippen LogP contribution >= 0.6 is 0 Å². The van der Waals surface area contributed by atoms with Gasteiger partial charge in [0, 0.05) is 19.3 Å². The number of benzene rings is 1. The lowest BCUT2D eigenvalue weighted by atomic mass is 10.1. The Hall–Kier alpha value is -2.69. The van der Waals surface area contributed by atoms with Gasteiger partial charge >= 0.3 is 0 Å². The van der Waals surface area contributed by atoms with Crippen molar-refractivity contribution in [3.8, 4) is 0 Å². The van der Waals surface area contributed by atoms with Crippen molar-refractivity contribution in [3.63, 3.8) is 0 Å². The monoisotopic (exact) mass is 292 g/mol. The van der Waals surface area contributed by atoms with E-state index in [4.69, 9.17) is 0 Å². The van der Waals surface area contributed by atoms with E-state index in [0.29, 0.717) is 5.56 Å². The summed E-state index contributed by atoms with van der Waals surface area (Å²) >= 11 is 0. The number of nitrogens with one attached hydrogen (secondary N) is 1. The number of rotatable bonds is 2. The lowest BCUT2D eigenvalue weighted by Crippen LogP contribution is -2.35. The number of fused-ring (bicyclic) bond motifs is 2. The van der Waals surface area contributed by atoms with Gasteiger partial charge in [0.1, 0.15) is 5.52 Å². The average Bonchev–Trinajstić information content (AvgIpc) is 3.10.